The Morgan fingerprint density at radius 3 is 2.11 bits per heavy atom. The molecule has 0 spiro atoms. The summed E-state index contributed by atoms with van der Waals surface area (Å²) in [5, 5.41) is 0. The van der Waals surface area contributed by atoms with Crippen molar-refractivity contribution in [1.29, 1.82) is 0 Å². The van der Waals surface area contributed by atoms with Crippen molar-refractivity contribution in [2.24, 2.45) is 0 Å². The quantitative estimate of drug-likeness (QED) is 0.606. The van der Waals surface area contributed by atoms with Crippen LogP contribution < -0.4 is 0 Å². The van der Waals surface area contributed by atoms with Gasteiger partial charge in [0.25, 0.3) is 0 Å². The van der Waals surface area contributed by atoms with Gasteiger partial charge >= 0.3 is 5.97 Å². The Bertz CT molecular complexity index is 467. The molecule has 0 aliphatic rings. The topological polar surface area (TPSA) is 43.4 Å². The highest BCUT2D eigenvalue weighted by Crippen LogP contribution is 2.20. The average Bonchev–Trinajstić information content (AvgIpc) is 2.35. The molecule has 0 aliphatic carbocycles. The summed E-state index contributed by atoms with van der Waals surface area (Å²) in [5.74, 6) is -0.241. The van der Waals surface area contributed by atoms with Crippen LogP contribution in [0.3, 0.4) is 0 Å². The minimum atomic E-state index is -0.520. The molecule has 0 aromatic heterocycles. The van der Waals surface area contributed by atoms with Gasteiger partial charge in [0, 0.05) is 11.6 Å². The second-order valence-corrected chi connectivity index (χ2v) is 4.41. The minimum absolute atomic E-state index is 0.155. The number of allylic oxidation sites excluding steroid dienone is 1. The van der Waals surface area contributed by atoms with Crippen LogP contribution in [0.4, 0.5) is 0 Å². The summed E-state index contributed by atoms with van der Waals surface area (Å²) in [4.78, 5) is 22.8. The van der Waals surface area contributed by atoms with E-state index in [1.54, 1.807) is 0 Å². The van der Waals surface area contributed by atoms with E-state index in [2.05, 4.69) is 18.6 Å². The van der Waals surface area contributed by atoms with Gasteiger partial charge in [-0.05, 0) is 24.0 Å². The molecule has 0 saturated heterocycles. The summed E-state index contributed by atoms with van der Waals surface area (Å²) in [6, 6.07) is 7.64. The molecule has 0 amide bonds. The Balaban J connectivity index is 3.11. The number of benzene rings is 1. The third-order valence-corrected chi connectivity index (χ3v) is 2.73. The first-order valence-corrected chi connectivity index (χ1v) is 5.86. The predicted octanol–water partition coefficient (Wildman–Crippen LogP) is 2.96. The first-order chi connectivity index (χ1) is 8.45. The Morgan fingerprint density at radius 2 is 1.72 bits per heavy atom. The Hall–Kier alpha value is -1.90. The number of carbonyl (C=O) groups is 2. The lowest BCUT2D eigenvalue weighted by atomic mass is 9.97. The molecular formula is C15H18O3. The van der Waals surface area contributed by atoms with Gasteiger partial charge in [0.2, 0.25) is 0 Å². The van der Waals surface area contributed by atoms with Crippen LogP contribution in [0.5, 0.6) is 0 Å². The number of carbonyl (C=O) groups excluding carboxylic acids is 2. The van der Waals surface area contributed by atoms with E-state index < -0.39 is 5.97 Å². The zero-order valence-corrected chi connectivity index (χ0v) is 11.2. The highest BCUT2D eigenvalue weighted by molar-refractivity contribution is 6.23. The molecule has 0 saturated carbocycles. The van der Waals surface area contributed by atoms with E-state index in [0.717, 1.165) is 5.56 Å². The van der Waals surface area contributed by atoms with Crippen molar-refractivity contribution in [2.75, 3.05) is 7.11 Å². The minimum Gasteiger partial charge on any atom is -0.466 e. The second-order valence-electron chi connectivity index (χ2n) is 4.41. The third-order valence-electron chi connectivity index (χ3n) is 2.73. The summed E-state index contributed by atoms with van der Waals surface area (Å²) in [6.07, 6.45) is 1.23. The maximum Gasteiger partial charge on any atom is 0.331 e. The number of ether oxygens (including phenoxy) is 1. The Morgan fingerprint density at radius 1 is 1.17 bits per heavy atom. The van der Waals surface area contributed by atoms with Gasteiger partial charge < -0.3 is 4.74 Å². The van der Waals surface area contributed by atoms with Crippen molar-refractivity contribution in [3.63, 3.8) is 0 Å². The molecule has 18 heavy (non-hydrogen) atoms. The zero-order chi connectivity index (χ0) is 13.7. The summed E-state index contributed by atoms with van der Waals surface area (Å²) < 4.78 is 4.55. The summed E-state index contributed by atoms with van der Waals surface area (Å²) >= 11 is 0. The third kappa shape index (κ3) is 3.55. The fraction of sp³-hybridized carbons (Fsp3) is 0.333. The van der Waals surface area contributed by atoms with Gasteiger partial charge in [0.05, 0.1) is 7.11 Å². The number of methoxy groups -OCH3 is 1. The lowest BCUT2D eigenvalue weighted by Crippen LogP contribution is -2.03. The van der Waals surface area contributed by atoms with Crippen LogP contribution in [0.15, 0.2) is 30.3 Å². The van der Waals surface area contributed by atoms with E-state index in [9.17, 15) is 9.59 Å². The molecule has 0 unspecified atom stereocenters. The molecule has 3 heteroatoms. The van der Waals surface area contributed by atoms with Crippen LogP contribution in [0.1, 0.15) is 37.8 Å². The molecule has 0 bridgehead atoms. The zero-order valence-electron chi connectivity index (χ0n) is 11.2. The van der Waals surface area contributed by atoms with Crippen molar-refractivity contribution in [3.05, 3.63) is 41.5 Å². The van der Waals surface area contributed by atoms with Gasteiger partial charge in [-0.3, -0.25) is 4.79 Å². The molecule has 1 rings (SSSR count). The fourth-order valence-electron chi connectivity index (χ4n) is 1.61. The largest absolute Gasteiger partial charge is 0.466 e. The molecule has 0 atom stereocenters. The van der Waals surface area contributed by atoms with E-state index in [1.807, 2.05) is 24.3 Å². The van der Waals surface area contributed by atoms with Crippen molar-refractivity contribution in [1.82, 2.24) is 0 Å². The van der Waals surface area contributed by atoms with Gasteiger partial charge in [0.15, 0.2) is 5.78 Å². The molecule has 0 N–H and O–H groups in total. The normalized spacial score (nSPS) is 11.5. The van der Waals surface area contributed by atoms with Crippen molar-refractivity contribution >= 4 is 17.3 Å². The Labute approximate surface area is 107 Å². The number of hydrogen-bond donors (Lipinski definition) is 0. The van der Waals surface area contributed by atoms with E-state index >= 15 is 0 Å². The van der Waals surface area contributed by atoms with E-state index in [-0.39, 0.29) is 5.78 Å². The van der Waals surface area contributed by atoms with Crippen molar-refractivity contribution < 1.29 is 14.3 Å². The summed E-state index contributed by atoms with van der Waals surface area (Å²) in [7, 11) is 1.29. The van der Waals surface area contributed by atoms with Gasteiger partial charge in [-0.25, -0.2) is 4.79 Å². The molecule has 0 fully saturated rings. The number of hydrogen-bond acceptors (Lipinski definition) is 3. The van der Waals surface area contributed by atoms with E-state index in [1.165, 1.54) is 25.7 Å². The van der Waals surface area contributed by atoms with Crippen LogP contribution in [0.2, 0.25) is 0 Å². The van der Waals surface area contributed by atoms with E-state index in [4.69, 9.17) is 0 Å². The highest BCUT2D eigenvalue weighted by atomic mass is 16.5. The first kappa shape index (κ1) is 14.2. The predicted molar refractivity (Wildman–Crippen MR) is 71.2 cm³/mol. The number of rotatable bonds is 4. The lowest BCUT2D eigenvalue weighted by Gasteiger charge is -2.08. The monoisotopic (exact) mass is 246 g/mol. The van der Waals surface area contributed by atoms with Gasteiger partial charge in [-0.2, -0.15) is 0 Å². The number of Topliss-reactive ketones (excluding diaryl/α,β-unsaturated/α-hetero) is 1. The Kier molecular flexibility index (Phi) is 4.84. The molecule has 1 aromatic rings. The number of ketones is 1. The highest BCUT2D eigenvalue weighted by Gasteiger charge is 2.10. The van der Waals surface area contributed by atoms with E-state index in [0.29, 0.717) is 11.5 Å². The van der Waals surface area contributed by atoms with Crippen LogP contribution in [-0.2, 0) is 14.3 Å². The van der Waals surface area contributed by atoms with Crippen LogP contribution in [-0.4, -0.2) is 18.9 Å². The average molecular weight is 246 g/mol. The van der Waals surface area contributed by atoms with Crippen LogP contribution in [0.25, 0.3) is 5.57 Å². The maximum absolute atomic E-state index is 11.5. The SMILES string of the molecule is COC(=O)C=C(C(C)=O)c1ccc(C(C)C)cc1. The molecular weight excluding hydrogens is 228 g/mol. The molecule has 3 nitrogen and oxygen atoms in total. The fourth-order valence-corrected chi connectivity index (χ4v) is 1.61. The van der Waals surface area contributed by atoms with Gasteiger partial charge in [-0.15, -0.1) is 0 Å². The molecule has 0 radical (unpaired) electrons. The molecule has 1 aromatic carbocycles. The molecule has 0 aliphatic heterocycles. The second kappa shape index (κ2) is 6.15. The number of esters is 1. The van der Waals surface area contributed by atoms with Crippen LogP contribution >= 0.6 is 0 Å². The lowest BCUT2D eigenvalue weighted by molar-refractivity contribution is -0.135. The summed E-state index contributed by atoms with van der Waals surface area (Å²) in [5.41, 5.74) is 2.30. The van der Waals surface area contributed by atoms with Crippen molar-refractivity contribution in [2.45, 2.75) is 26.7 Å². The smallest absolute Gasteiger partial charge is 0.331 e. The van der Waals surface area contributed by atoms with Crippen molar-refractivity contribution in [3.8, 4) is 0 Å². The van der Waals surface area contributed by atoms with Gasteiger partial charge in [-0.1, -0.05) is 38.1 Å². The maximum atomic E-state index is 11.5. The van der Waals surface area contributed by atoms with Crippen LogP contribution in [0, 0.1) is 0 Å². The molecule has 96 valence electrons. The van der Waals surface area contributed by atoms with Gasteiger partial charge in [0.1, 0.15) is 0 Å². The standard InChI is InChI=1S/C15H18O3/c1-10(2)12-5-7-13(8-6-12)14(11(3)16)9-15(17)18-4/h5-10H,1-4H3. The first-order valence-electron chi connectivity index (χ1n) is 5.86. The summed E-state index contributed by atoms with van der Waals surface area (Å²) in [6.45, 7) is 5.64. The molecule has 0 heterocycles.